The van der Waals surface area contributed by atoms with Gasteiger partial charge < -0.3 is 14.6 Å². The van der Waals surface area contributed by atoms with Crippen LogP contribution in [0, 0.1) is 0 Å². The first kappa shape index (κ1) is 20.3. The number of allylic oxidation sites excluding steroid dienone is 6. The van der Waals surface area contributed by atoms with Gasteiger partial charge in [-0.05, 0) is 18.2 Å². The molecule has 1 aromatic heterocycles. The van der Waals surface area contributed by atoms with Crippen molar-refractivity contribution in [2.75, 3.05) is 6.61 Å². The standard InChI is InChI=1S/C21H19N3O4/c25-21(26)19-10-15-28-20-9-11-22-16-18(20)8-6-4-2-1-3-5-7-14-27-17-23-12-13-24-19/h1-13,15-17H,14H2,(H,25,26)/b3-1-,4-2-,7-5-,8-6-,13-12-,15-10-,23-17-,24-19+. The summed E-state index contributed by atoms with van der Waals surface area (Å²) in [5.41, 5.74) is 0.535. The lowest BCUT2D eigenvalue weighted by Crippen LogP contribution is -2.09. The number of ether oxygens (including phenoxy) is 2. The first-order chi connectivity index (χ1) is 13.8. The average Bonchev–Trinajstić information content (AvgIpc) is 2.69. The minimum atomic E-state index is -1.19. The number of pyridine rings is 1. The fourth-order valence-corrected chi connectivity index (χ4v) is 1.85. The van der Waals surface area contributed by atoms with Crippen LogP contribution in [0.5, 0.6) is 5.75 Å². The maximum atomic E-state index is 11.3. The van der Waals surface area contributed by atoms with Gasteiger partial charge in [0.1, 0.15) is 12.4 Å². The number of hydrogen-bond donors (Lipinski definition) is 1. The van der Waals surface area contributed by atoms with E-state index in [9.17, 15) is 9.90 Å². The first-order valence-corrected chi connectivity index (χ1v) is 8.30. The van der Waals surface area contributed by atoms with Crippen LogP contribution in [-0.2, 0) is 9.53 Å². The Morgan fingerprint density at radius 1 is 1.04 bits per heavy atom. The molecule has 0 atom stereocenters. The molecule has 7 nitrogen and oxygen atoms in total. The second kappa shape index (κ2) is 12.4. The van der Waals surface area contributed by atoms with Crippen molar-refractivity contribution in [1.29, 1.82) is 0 Å². The highest BCUT2D eigenvalue weighted by Crippen LogP contribution is 2.18. The fraction of sp³-hybridized carbons (Fsp3) is 0.0476. The summed E-state index contributed by atoms with van der Waals surface area (Å²) in [6, 6.07) is 1.68. The molecule has 7 heteroatoms. The molecule has 28 heavy (non-hydrogen) atoms. The maximum Gasteiger partial charge on any atom is 0.354 e. The summed E-state index contributed by atoms with van der Waals surface area (Å²) >= 11 is 0. The maximum absolute atomic E-state index is 11.3. The van der Waals surface area contributed by atoms with Gasteiger partial charge in [0.25, 0.3) is 0 Å². The quantitative estimate of drug-likeness (QED) is 0.805. The summed E-state index contributed by atoms with van der Waals surface area (Å²) in [6.07, 6.45) is 24.4. The van der Waals surface area contributed by atoms with Crippen LogP contribution < -0.4 is 4.74 Å². The van der Waals surface area contributed by atoms with E-state index >= 15 is 0 Å². The van der Waals surface area contributed by atoms with Crippen LogP contribution in [0.1, 0.15) is 5.56 Å². The summed E-state index contributed by atoms with van der Waals surface area (Å²) in [5, 5.41) is 9.20. The molecule has 142 valence electrons. The molecule has 0 saturated carbocycles. The minimum Gasteiger partial charge on any atom is -0.479 e. The van der Waals surface area contributed by atoms with Crippen LogP contribution >= 0.6 is 0 Å². The highest BCUT2D eigenvalue weighted by molar-refractivity contribution is 6.40. The van der Waals surface area contributed by atoms with E-state index in [1.54, 1.807) is 18.5 Å². The van der Waals surface area contributed by atoms with E-state index in [2.05, 4.69) is 15.0 Å². The van der Waals surface area contributed by atoms with Crippen molar-refractivity contribution >= 4 is 24.2 Å². The van der Waals surface area contributed by atoms with Crippen LogP contribution in [0.15, 0.2) is 95.7 Å². The molecule has 2 heterocycles. The summed E-state index contributed by atoms with van der Waals surface area (Å²) in [4.78, 5) is 23.0. The summed E-state index contributed by atoms with van der Waals surface area (Å²) in [5.74, 6) is -0.664. The second-order valence-electron chi connectivity index (χ2n) is 5.10. The third-order valence-corrected chi connectivity index (χ3v) is 3.11. The molecule has 0 amide bonds. The molecule has 1 aliphatic rings. The third-order valence-electron chi connectivity index (χ3n) is 3.11. The van der Waals surface area contributed by atoms with E-state index in [1.807, 2.05) is 48.6 Å². The average molecular weight is 377 g/mol. The van der Waals surface area contributed by atoms with Gasteiger partial charge in [-0.1, -0.05) is 36.5 Å². The lowest BCUT2D eigenvalue weighted by molar-refractivity contribution is -0.129. The van der Waals surface area contributed by atoms with Gasteiger partial charge in [-0.2, -0.15) is 0 Å². The van der Waals surface area contributed by atoms with Crippen molar-refractivity contribution < 1.29 is 19.4 Å². The van der Waals surface area contributed by atoms with Gasteiger partial charge >= 0.3 is 5.97 Å². The molecule has 0 spiro atoms. The SMILES string of the molecule is O=C(O)C1=N/C=C\N=C/OC\C=C/C=C\C=C/C=C\c2cnccc2O/C=C\1. The van der Waals surface area contributed by atoms with Crippen molar-refractivity contribution in [3.63, 3.8) is 0 Å². The van der Waals surface area contributed by atoms with Crippen LogP contribution in [0.25, 0.3) is 6.08 Å². The molecular formula is C21H19N3O4. The molecule has 2 rings (SSSR count). The van der Waals surface area contributed by atoms with Gasteiger partial charge in [-0.15, -0.1) is 0 Å². The number of aliphatic carboxylic acids is 1. The van der Waals surface area contributed by atoms with Crippen molar-refractivity contribution in [3.05, 3.63) is 91.3 Å². The predicted molar refractivity (Wildman–Crippen MR) is 109 cm³/mol. The zero-order chi connectivity index (χ0) is 19.9. The highest BCUT2D eigenvalue weighted by atomic mass is 16.5. The van der Waals surface area contributed by atoms with E-state index < -0.39 is 5.97 Å². The zero-order valence-corrected chi connectivity index (χ0v) is 15.0. The number of hydrogen-bond acceptors (Lipinski definition) is 6. The number of aromatic nitrogens is 1. The number of carboxylic acid groups (broad SMARTS) is 1. The Morgan fingerprint density at radius 2 is 1.86 bits per heavy atom. The Bertz CT molecular complexity index is 891. The molecule has 0 saturated heterocycles. The van der Waals surface area contributed by atoms with E-state index in [0.29, 0.717) is 12.4 Å². The Kier molecular flexibility index (Phi) is 8.97. The third kappa shape index (κ3) is 7.92. The summed E-state index contributed by atoms with van der Waals surface area (Å²) in [6.45, 7) is 0.360. The van der Waals surface area contributed by atoms with Crippen LogP contribution in [0.4, 0.5) is 0 Å². The van der Waals surface area contributed by atoms with Gasteiger partial charge in [0, 0.05) is 36.4 Å². The van der Waals surface area contributed by atoms with Crippen LogP contribution in [0.2, 0.25) is 0 Å². The molecule has 1 N–H and O–H groups in total. The van der Waals surface area contributed by atoms with Crippen molar-refractivity contribution in [3.8, 4) is 5.75 Å². The molecular weight excluding hydrogens is 358 g/mol. The van der Waals surface area contributed by atoms with E-state index in [0.717, 1.165) is 5.56 Å². The fourth-order valence-electron chi connectivity index (χ4n) is 1.85. The van der Waals surface area contributed by atoms with Gasteiger partial charge in [0.2, 0.25) is 0 Å². The van der Waals surface area contributed by atoms with Gasteiger partial charge in [-0.3, -0.25) is 4.98 Å². The van der Waals surface area contributed by atoms with Gasteiger partial charge in [0.15, 0.2) is 12.1 Å². The Balaban J connectivity index is 2.25. The Hall–Kier alpha value is -4.00. The molecule has 0 aliphatic carbocycles. The number of carbonyl (C=O) groups is 1. The van der Waals surface area contributed by atoms with E-state index in [4.69, 9.17) is 9.47 Å². The predicted octanol–water partition coefficient (Wildman–Crippen LogP) is 3.71. The highest BCUT2D eigenvalue weighted by Gasteiger charge is 2.04. The largest absolute Gasteiger partial charge is 0.479 e. The van der Waals surface area contributed by atoms with Crippen LogP contribution in [-0.4, -0.2) is 34.8 Å². The Morgan fingerprint density at radius 3 is 2.71 bits per heavy atom. The topological polar surface area (TPSA) is 93.4 Å². The number of carboxylic acids is 1. The van der Waals surface area contributed by atoms with Gasteiger partial charge in [0.05, 0.1) is 6.26 Å². The normalized spacial score (nSPS) is 24.9. The summed E-state index contributed by atoms with van der Waals surface area (Å²) in [7, 11) is 0. The second-order valence-corrected chi connectivity index (χ2v) is 5.10. The molecule has 1 aromatic rings. The molecule has 0 fully saturated rings. The number of fused-ring (bicyclic) bond motifs is 1. The lowest BCUT2D eigenvalue weighted by atomic mass is 10.2. The summed E-state index contributed by atoms with van der Waals surface area (Å²) < 4.78 is 10.7. The van der Waals surface area contributed by atoms with E-state index in [1.165, 1.54) is 31.1 Å². The number of aliphatic imine (C=N–C) groups is 2. The zero-order valence-electron chi connectivity index (χ0n) is 15.0. The first-order valence-electron chi connectivity index (χ1n) is 8.30. The smallest absolute Gasteiger partial charge is 0.354 e. The number of rotatable bonds is 1. The number of nitrogens with zero attached hydrogens (tertiary/aromatic N) is 3. The van der Waals surface area contributed by atoms with Gasteiger partial charge in [-0.25, -0.2) is 14.8 Å². The van der Waals surface area contributed by atoms with E-state index in [-0.39, 0.29) is 5.71 Å². The lowest BCUT2D eigenvalue weighted by Gasteiger charge is -2.03. The van der Waals surface area contributed by atoms with Crippen LogP contribution in [0.3, 0.4) is 0 Å². The minimum absolute atomic E-state index is 0.207. The molecule has 0 aromatic carbocycles. The van der Waals surface area contributed by atoms with Crippen molar-refractivity contribution in [2.24, 2.45) is 9.98 Å². The van der Waals surface area contributed by atoms with Crippen molar-refractivity contribution in [2.45, 2.75) is 0 Å². The molecule has 0 bridgehead atoms. The molecule has 0 unspecified atom stereocenters. The molecule has 1 aliphatic heterocycles. The monoisotopic (exact) mass is 377 g/mol. The Labute approximate surface area is 162 Å². The molecule has 0 radical (unpaired) electrons. The van der Waals surface area contributed by atoms with Crippen molar-refractivity contribution in [1.82, 2.24) is 4.98 Å².